The second-order valence-corrected chi connectivity index (χ2v) is 5.39. The summed E-state index contributed by atoms with van der Waals surface area (Å²) in [6, 6.07) is 26.6. The van der Waals surface area contributed by atoms with Crippen LogP contribution in [0.25, 0.3) is 33.3 Å². The molecule has 0 unspecified atom stereocenters. The smallest absolute Gasteiger partial charge is 0.221 e. The van der Waals surface area contributed by atoms with Gasteiger partial charge in [0.2, 0.25) is 5.95 Å². The number of hydrogen-bond donors (Lipinski definition) is 1. The van der Waals surface area contributed by atoms with Crippen molar-refractivity contribution in [2.75, 3.05) is 5.73 Å². The maximum atomic E-state index is 5.86. The van der Waals surface area contributed by atoms with Crippen molar-refractivity contribution in [2.24, 2.45) is 0 Å². The van der Waals surface area contributed by atoms with Crippen LogP contribution < -0.4 is 5.73 Å². The largest absolute Gasteiger partial charge is 0.368 e. The molecule has 2 N–H and O–H groups in total. The molecule has 0 aliphatic carbocycles. The Morgan fingerprint density at radius 3 is 1.96 bits per heavy atom. The molecule has 23 heavy (non-hydrogen) atoms. The van der Waals surface area contributed by atoms with Gasteiger partial charge in [0.05, 0.1) is 11.2 Å². The molecule has 0 radical (unpaired) electrons. The molecule has 0 spiro atoms. The fourth-order valence-corrected chi connectivity index (χ4v) is 2.77. The summed E-state index contributed by atoms with van der Waals surface area (Å²) in [5.41, 5.74) is 11.0. The van der Waals surface area contributed by atoms with Gasteiger partial charge in [-0.05, 0) is 17.2 Å². The maximum Gasteiger partial charge on any atom is 0.221 e. The topological polar surface area (TPSA) is 51.8 Å². The Morgan fingerprint density at radius 2 is 1.17 bits per heavy atom. The summed E-state index contributed by atoms with van der Waals surface area (Å²) in [5.74, 6) is 0.297. The number of anilines is 1. The molecule has 3 heteroatoms. The molecule has 0 bridgehead atoms. The van der Waals surface area contributed by atoms with Gasteiger partial charge in [-0.15, -0.1) is 0 Å². The van der Waals surface area contributed by atoms with Crippen LogP contribution >= 0.6 is 0 Å². The standard InChI is InChI=1S/C20H15N3/c21-20-22-18-9-5-4-8-17(18)19(23-20)16-12-10-15(11-13-16)14-6-2-1-3-7-14/h1-13H,(H2,21,22,23). The molecule has 0 amide bonds. The number of nitrogens with zero attached hydrogens (tertiary/aromatic N) is 2. The van der Waals surface area contributed by atoms with Crippen molar-refractivity contribution in [3.05, 3.63) is 78.9 Å². The molecule has 0 atom stereocenters. The highest BCUT2D eigenvalue weighted by atomic mass is 15.0. The average molecular weight is 297 g/mol. The number of nitrogens with two attached hydrogens (primary N) is 1. The van der Waals surface area contributed by atoms with Gasteiger partial charge in [-0.2, -0.15) is 0 Å². The minimum absolute atomic E-state index is 0.297. The van der Waals surface area contributed by atoms with E-state index in [9.17, 15) is 0 Å². The van der Waals surface area contributed by atoms with E-state index in [0.29, 0.717) is 5.95 Å². The summed E-state index contributed by atoms with van der Waals surface area (Å²) < 4.78 is 0. The number of fused-ring (bicyclic) bond motifs is 1. The van der Waals surface area contributed by atoms with E-state index in [-0.39, 0.29) is 0 Å². The van der Waals surface area contributed by atoms with Crippen LogP contribution in [0.2, 0.25) is 0 Å². The minimum Gasteiger partial charge on any atom is -0.368 e. The van der Waals surface area contributed by atoms with Crippen LogP contribution in [0.15, 0.2) is 78.9 Å². The van der Waals surface area contributed by atoms with E-state index < -0.39 is 0 Å². The predicted octanol–water partition coefficient (Wildman–Crippen LogP) is 4.55. The first-order valence-electron chi connectivity index (χ1n) is 7.49. The average Bonchev–Trinajstić information content (AvgIpc) is 2.62. The van der Waals surface area contributed by atoms with Gasteiger partial charge in [0.1, 0.15) is 0 Å². The summed E-state index contributed by atoms with van der Waals surface area (Å²) in [6.45, 7) is 0. The number of hydrogen-bond acceptors (Lipinski definition) is 3. The van der Waals surface area contributed by atoms with Gasteiger partial charge in [-0.3, -0.25) is 0 Å². The Morgan fingerprint density at radius 1 is 0.565 bits per heavy atom. The number of aromatic nitrogens is 2. The van der Waals surface area contributed by atoms with E-state index in [4.69, 9.17) is 5.73 Å². The van der Waals surface area contributed by atoms with Crippen LogP contribution in [0, 0.1) is 0 Å². The molecule has 0 saturated carbocycles. The third-order valence-corrected chi connectivity index (χ3v) is 3.89. The molecule has 1 aromatic heterocycles. The normalized spacial score (nSPS) is 10.8. The van der Waals surface area contributed by atoms with Crippen LogP contribution in [0.4, 0.5) is 5.95 Å². The first-order valence-corrected chi connectivity index (χ1v) is 7.49. The summed E-state index contributed by atoms with van der Waals surface area (Å²) in [7, 11) is 0. The molecule has 3 nitrogen and oxygen atoms in total. The van der Waals surface area contributed by atoms with Crippen molar-refractivity contribution >= 4 is 16.9 Å². The lowest BCUT2D eigenvalue weighted by Gasteiger charge is -2.08. The molecular weight excluding hydrogens is 282 g/mol. The number of rotatable bonds is 2. The molecule has 0 aliphatic heterocycles. The highest BCUT2D eigenvalue weighted by Crippen LogP contribution is 2.28. The Labute approximate surface area is 134 Å². The predicted molar refractivity (Wildman–Crippen MR) is 94.8 cm³/mol. The van der Waals surface area contributed by atoms with E-state index in [1.54, 1.807) is 0 Å². The minimum atomic E-state index is 0.297. The summed E-state index contributed by atoms with van der Waals surface area (Å²) in [6.07, 6.45) is 0. The van der Waals surface area contributed by atoms with Gasteiger partial charge in [-0.25, -0.2) is 9.97 Å². The van der Waals surface area contributed by atoms with Crippen molar-refractivity contribution in [2.45, 2.75) is 0 Å². The van der Waals surface area contributed by atoms with E-state index in [0.717, 1.165) is 22.2 Å². The van der Waals surface area contributed by atoms with Crippen LogP contribution in [-0.2, 0) is 0 Å². The lowest BCUT2D eigenvalue weighted by Crippen LogP contribution is -1.97. The monoisotopic (exact) mass is 297 g/mol. The second-order valence-electron chi connectivity index (χ2n) is 5.39. The van der Waals surface area contributed by atoms with Crippen molar-refractivity contribution < 1.29 is 0 Å². The zero-order valence-corrected chi connectivity index (χ0v) is 12.5. The van der Waals surface area contributed by atoms with Gasteiger partial charge in [-0.1, -0.05) is 72.8 Å². The lowest BCUT2D eigenvalue weighted by molar-refractivity contribution is 1.24. The number of nitrogen functional groups attached to an aromatic ring is 1. The van der Waals surface area contributed by atoms with E-state index in [1.807, 2.05) is 42.5 Å². The second kappa shape index (κ2) is 5.54. The molecule has 0 fully saturated rings. The van der Waals surface area contributed by atoms with Gasteiger partial charge in [0, 0.05) is 10.9 Å². The van der Waals surface area contributed by atoms with Gasteiger partial charge < -0.3 is 5.73 Å². The molecule has 4 rings (SSSR count). The van der Waals surface area contributed by atoms with Crippen LogP contribution in [0.5, 0.6) is 0 Å². The van der Waals surface area contributed by atoms with Crippen molar-refractivity contribution in [3.63, 3.8) is 0 Å². The quantitative estimate of drug-likeness (QED) is 0.590. The maximum absolute atomic E-state index is 5.86. The third-order valence-electron chi connectivity index (χ3n) is 3.89. The summed E-state index contributed by atoms with van der Waals surface area (Å²) in [5, 5.41) is 1.01. The van der Waals surface area contributed by atoms with E-state index in [2.05, 4.69) is 46.4 Å². The van der Waals surface area contributed by atoms with Gasteiger partial charge in [0.15, 0.2) is 0 Å². The van der Waals surface area contributed by atoms with E-state index >= 15 is 0 Å². The zero-order chi connectivity index (χ0) is 15.6. The number of para-hydroxylation sites is 1. The van der Waals surface area contributed by atoms with Gasteiger partial charge >= 0.3 is 0 Å². The lowest BCUT2D eigenvalue weighted by atomic mass is 10.0. The van der Waals surface area contributed by atoms with Crippen LogP contribution in [0.3, 0.4) is 0 Å². The fraction of sp³-hybridized carbons (Fsp3) is 0. The molecular formula is C20H15N3. The Bertz CT molecular complexity index is 961. The van der Waals surface area contributed by atoms with Crippen molar-refractivity contribution in [3.8, 4) is 22.4 Å². The van der Waals surface area contributed by atoms with Gasteiger partial charge in [0.25, 0.3) is 0 Å². The van der Waals surface area contributed by atoms with Crippen molar-refractivity contribution in [1.29, 1.82) is 0 Å². The third kappa shape index (κ3) is 2.53. The van der Waals surface area contributed by atoms with Crippen LogP contribution in [0.1, 0.15) is 0 Å². The zero-order valence-electron chi connectivity index (χ0n) is 12.5. The number of benzene rings is 3. The van der Waals surface area contributed by atoms with Crippen LogP contribution in [-0.4, -0.2) is 9.97 Å². The Hall–Kier alpha value is -3.20. The Balaban J connectivity index is 1.83. The SMILES string of the molecule is Nc1nc(-c2ccc(-c3ccccc3)cc2)c2ccccc2n1. The Kier molecular flexibility index (Phi) is 3.24. The summed E-state index contributed by atoms with van der Waals surface area (Å²) in [4.78, 5) is 8.73. The molecule has 110 valence electrons. The molecule has 1 heterocycles. The first-order chi connectivity index (χ1) is 11.3. The highest BCUT2D eigenvalue weighted by Gasteiger charge is 2.08. The first kappa shape index (κ1) is 13.5. The van der Waals surface area contributed by atoms with Crippen molar-refractivity contribution in [1.82, 2.24) is 9.97 Å². The molecule has 0 saturated heterocycles. The molecule has 3 aromatic carbocycles. The summed E-state index contributed by atoms with van der Waals surface area (Å²) >= 11 is 0. The fourth-order valence-electron chi connectivity index (χ4n) is 2.77. The highest BCUT2D eigenvalue weighted by molar-refractivity contribution is 5.93. The van der Waals surface area contributed by atoms with E-state index in [1.165, 1.54) is 11.1 Å². The molecule has 0 aliphatic rings. The molecule has 4 aromatic rings.